The van der Waals surface area contributed by atoms with Crippen LogP contribution in [-0.2, 0) is 21.2 Å². The van der Waals surface area contributed by atoms with Crippen LogP contribution < -0.4 is 10.1 Å². The van der Waals surface area contributed by atoms with Gasteiger partial charge in [0.25, 0.3) is 10.0 Å². The summed E-state index contributed by atoms with van der Waals surface area (Å²) < 4.78 is 37.9. The SMILES string of the molecule is COc1ccc(S(=O)(=O)N(C=C(C#N)C#N)CC(O)C(Cc2ccccc2)NC(=O)OC(C)(C)C)cc1. The van der Waals surface area contributed by atoms with Crippen molar-refractivity contribution >= 4 is 16.1 Å². The number of hydrogen-bond acceptors (Lipinski definition) is 8. The number of amides is 1. The molecule has 0 bridgehead atoms. The van der Waals surface area contributed by atoms with E-state index >= 15 is 0 Å². The monoisotopic (exact) mass is 526 g/mol. The molecule has 196 valence electrons. The third kappa shape index (κ3) is 8.83. The number of hydrogen-bond donors (Lipinski definition) is 2. The second kappa shape index (κ2) is 12.8. The average molecular weight is 527 g/mol. The number of nitrogens with one attached hydrogen (secondary N) is 1. The lowest BCUT2D eigenvalue weighted by molar-refractivity contribution is 0.0411. The Morgan fingerprint density at radius 1 is 1.11 bits per heavy atom. The molecule has 2 aromatic carbocycles. The lowest BCUT2D eigenvalue weighted by atomic mass is 10.0. The molecule has 1 amide bonds. The Morgan fingerprint density at radius 3 is 2.22 bits per heavy atom. The topological polar surface area (TPSA) is 153 Å². The Labute approximate surface area is 217 Å². The van der Waals surface area contributed by atoms with Crippen LogP contribution in [0.25, 0.3) is 0 Å². The third-order valence-electron chi connectivity index (χ3n) is 5.01. The fourth-order valence-corrected chi connectivity index (χ4v) is 4.60. The first-order valence-electron chi connectivity index (χ1n) is 11.3. The van der Waals surface area contributed by atoms with Crippen molar-refractivity contribution in [1.29, 1.82) is 10.5 Å². The highest BCUT2D eigenvalue weighted by Crippen LogP contribution is 2.22. The second-order valence-electron chi connectivity index (χ2n) is 9.03. The van der Waals surface area contributed by atoms with E-state index in [2.05, 4.69) is 5.32 Å². The van der Waals surface area contributed by atoms with E-state index in [-0.39, 0.29) is 11.3 Å². The van der Waals surface area contributed by atoms with E-state index in [1.807, 2.05) is 6.07 Å². The summed E-state index contributed by atoms with van der Waals surface area (Å²) in [5, 5.41) is 32.2. The summed E-state index contributed by atoms with van der Waals surface area (Å²) in [6.07, 6.45) is -1.22. The Morgan fingerprint density at radius 2 is 1.70 bits per heavy atom. The molecule has 0 aliphatic rings. The zero-order chi connectivity index (χ0) is 27.6. The molecule has 0 aromatic heterocycles. The van der Waals surface area contributed by atoms with Crippen LogP contribution in [0.15, 0.2) is 71.3 Å². The predicted molar refractivity (Wildman–Crippen MR) is 136 cm³/mol. The highest BCUT2D eigenvalue weighted by molar-refractivity contribution is 7.89. The average Bonchev–Trinajstić information content (AvgIpc) is 2.85. The van der Waals surface area contributed by atoms with Crippen molar-refractivity contribution in [2.75, 3.05) is 13.7 Å². The standard InChI is InChI=1S/C26H30N4O6S/c1-26(2,3)36-25(32)29-23(14-19-8-6-5-7-9-19)24(31)18-30(17-20(15-27)16-28)37(33,34)22-12-10-21(35-4)11-13-22/h5-13,17,23-24,31H,14,18H2,1-4H3,(H,29,32). The van der Waals surface area contributed by atoms with Crippen LogP contribution >= 0.6 is 0 Å². The van der Waals surface area contributed by atoms with E-state index in [1.165, 1.54) is 31.4 Å². The summed E-state index contributed by atoms with van der Waals surface area (Å²) in [7, 11) is -2.87. The molecule has 11 heteroatoms. The number of carbonyl (C=O) groups excluding carboxylic acids is 1. The van der Waals surface area contributed by atoms with E-state index in [4.69, 9.17) is 9.47 Å². The maximum atomic E-state index is 13.4. The number of methoxy groups -OCH3 is 1. The predicted octanol–water partition coefficient (Wildman–Crippen LogP) is 3.11. The number of carbonyl (C=O) groups is 1. The minimum atomic E-state index is -4.30. The molecule has 2 atom stereocenters. The van der Waals surface area contributed by atoms with Crippen LogP contribution in [0.3, 0.4) is 0 Å². The van der Waals surface area contributed by atoms with Gasteiger partial charge in [-0.2, -0.15) is 10.5 Å². The van der Waals surface area contributed by atoms with Gasteiger partial charge in [-0.3, -0.25) is 4.31 Å². The largest absolute Gasteiger partial charge is 0.497 e. The van der Waals surface area contributed by atoms with Crippen molar-refractivity contribution in [1.82, 2.24) is 9.62 Å². The van der Waals surface area contributed by atoms with Crippen LogP contribution in [0.2, 0.25) is 0 Å². The molecule has 0 radical (unpaired) electrons. The molecule has 2 unspecified atom stereocenters. The number of aliphatic hydroxyl groups excluding tert-OH is 1. The zero-order valence-electron chi connectivity index (χ0n) is 21.1. The van der Waals surface area contributed by atoms with Crippen molar-refractivity contribution in [2.24, 2.45) is 0 Å². The smallest absolute Gasteiger partial charge is 0.407 e. The van der Waals surface area contributed by atoms with Gasteiger partial charge in [0.2, 0.25) is 0 Å². The van der Waals surface area contributed by atoms with Crippen molar-refractivity contribution in [3.05, 3.63) is 71.9 Å². The van der Waals surface area contributed by atoms with Gasteiger partial charge in [-0.05, 0) is 57.0 Å². The molecule has 0 heterocycles. The molecule has 0 fully saturated rings. The van der Waals surface area contributed by atoms with E-state index in [9.17, 15) is 28.8 Å². The molecule has 10 nitrogen and oxygen atoms in total. The number of sulfonamides is 1. The third-order valence-corrected chi connectivity index (χ3v) is 6.75. The molecule has 2 aromatic rings. The Balaban J connectivity index is 2.43. The number of rotatable bonds is 10. The minimum absolute atomic E-state index is 0.147. The Hall–Kier alpha value is -4.06. The lowest BCUT2D eigenvalue weighted by Crippen LogP contribution is -2.50. The van der Waals surface area contributed by atoms with Crippen LogP contribution in [-0.4, -0.2) is 55.3 Å². The van der Waals surface area contributed by atoms with E-state index < -0.39 is 46.0 Å². The maximum absolute atomic E-state index is 13.4. The van der Waals surface area contributed by atoms with Gasteiger partial charge in [0.05, 0.1) is 30.7 Å². The molecule has 2 N–H and O–H groups in total. The molecule has 0 saturated carbocycles. The summed E-state index contributed by atoms with van der Waals surface area (Å²) in [5.74, 6) is 0.431. The first kappa shape index (κ1) is 29.2. The Kier molecular flexibility index (Phi) is 10.1. The fraction of sp³-hybridized carbons (Fsp3) is 0.346. The summed E-state index contributed by atoms with van der Waals surface area (Å²) >= 11 is 0. The maximum Gasteiger partial charge on any atom is 0.407 e. The van der Waals surface area contributed by atoms with Gasteiger partial charge in [-0.15, -0.1) is 0 Å². The summed E-state index contributed by atoms with van der Waals surface area (Å²) in [5.41, 5.74) is -0.505. The number of nitrogens with zero attached hydrogens (tertiary/aromatic N) is 3. The molecular formula is C26H30N4O6S. The van der Waals surface area contributed by atoms with Crippen molar-refractivity contribution in [2.45, 2.75) is 49.8 Å². The van der Waals surface area contributed by atoms with Crippen molar-refractivity contribution in [3.63, 3.8) is 0 Å². The number of nitriles is 2. The van der Waals surface area contributed by atoms with Gasteiger partial charge in [0.1, 0.15) is 29.1 Å². The molecule has 0 aliphatic carbocycles. The zero-order valence-corrected chi connectivity index (χ0v) is 21.9. The molecule has 0 saturated heterocycles. The first-order valence-corrected chi connectivity index (χ1v) is 12.7. The normalized spacial score (nSPS) is 12.7. The van der Waals surface area contributed by atoms with Crippen LogP contribution in [0, 0.1) is 22.7 Å². The Bertz CT molecular complexity index is 1260. The van der Waals surface area contributed by atoms with Gasteiger partial charge < -0.3 is 19.9 Å². The van der Waals surface area contributed by atoms with Crippen molar-refractivity contribution < 1.29 is 27.8 Å². The number of alkyl carbamates (subject to hydrolysis) is 1. The van der Waals surface area contributed by atoms with Gasteiger partial charge in [0.15, 0.2) is 0 Å². The lowest BCUT2D eigenvalue weighted by Gasteiger charge is -2.30. The highest BCUT2D eigenvalue weighted by atomic mass is 32.2. The fourth-order valence-electron chi connectivity index (χ4n) is 3.25. The molecule has 37 heavy (non-hydrogen) atoms. The molecule has 0 aliphatic heterocycles. The number of ether oxygens (including phenoxy) is 2. The van der Waals surface area contributed by atoms with E-state index in [1.54, 1.807) is 57.2 Å². The van der Waals surface area contributed by atoms with Gasteiger partial charge in [-0.25, -0.2) is 13.2 Å². The van der Waals surface area contributed by atoms with E-state index in [0.717, 1.165) is 16.1 Å². The number of benzene rings is 2. The van der Waals surface area contributed by atoms with Gasteiger partial charge >= 0.3 is 6.09 Å². The highest BCUT2D eigenvalue weighted by Gasteiger charge is 2.31. The minimum Gasteiger partial charge on any atom is -0.497 e. The van der Waals surface area contributed by atoms with E-state index in [0.29, 0.717) is 5.75 Å². The summed E-state index contributed by atoms with van der Waals surface area (Å²) in [6, 6.07) is 16.8. The molecule has 0 spiro atoms. The molecule has 2 rings (SSSR count). The second-order valence-corrected chi connectivity index (χ2v) is 10.9. The van der Waals surface area contributed by atoms with Gasteiger partial charge in [0, 0.05) is 6.20 Å². The number of aliphatic hydroxyl groups is 1. The number of allylic oxidation sites excluding steroid dienone is 1. The van der Waals surface area contributed by atoms with Crippen molar-refractivity contribution in [3.8, 4) is 17.9 Å². The van der Waals surface area contributed by atoms with Crippen LogP contribution in [0.4, 0.5) is 4.79 Å². The van der Waals surface area contributed by atoms with Gasteiger partial charge in [-0.1, -0.05) is 30.3 Å². The molecular weight excluding hydrogens is 496 g/mol. The quantitative estimate of drug-likeness (QED) is 0.448. The summed E-state index contributed by atoms with van der Waals surface area (Å²) in [4.78, 5) is 12.4. The first-order chi connectivity index (χ1) is 17.4. The van der Waals surface area contributed by atoms with Crippen LogP contribution in [0.1, 0.15) is 26.3 Å². The summed E-state index contributed by atoms with van der Waals surface area (Å²) in [6.45, 7) is 4.51. The van der Waals surface area contributed by atoms with Crippen LogP contribution in [0.5, 0.6) is 5.75 Å².